The van der Waals surface area contributed by atoms with Gasteiger partial charge in [-0.15, -0.1) is 11.3 Å². The van der Waals surface area contributed by atoms with Crippen molar-refractivity contribution in [2.24, 2.45) is 0 Å². The van der Waals surface area contributed by atoms with Crippen molar-refractivity contribution in [1.82, 2.24) is 20.1 Å². The molecule has 0 spiro atoms. The lowest BCUT2D eigenvalue weighted by Gasteiger charge is -2.33. The molecular weight excluding hydrogens is 367 g/mol. The number of halogens is 1. The number of nitrogens with one attached hydrogen (secondary N) is 1. The fraction of sp³-hybridized carbons (Fsp3) is 0.474. The molecule has 6 nitrogen and oxygen atoms in total. The maximum atomic E-state index is 13.0. The second kappa shape index (κ2) is 9.89. The van der Waals surface area contributed by atoms with Gasteiger partial charge in [0.25, 0.3) is 0 Å². The van der Waals surface area contributed by atoms with E-state index in [-0.39, 0.29) is 11.7 Å². The van der Waals surface area contributed by atoms with Crippen molar-refractivity contribution in [1.29, 1.82) is 0 Å². The van der Waals surface area contributed by atoms with Gasteiger partial charge in [0.1, 0.15) is 10.8 Å². The van der Waals surface area contributed by atoms with Crippen LogP contribution >= 0.6 is 11.3 Å². The second-order valence-electron chi connectivity index (χ2n) is 6.53. The zero-order chi connectivity index (χ0) is 19.1. The first kappa shape index (κ1) is 19.9. The number of methoxy groups -OCH3 is 1. The number of piperazine rings is 1. The number of hydrogen-bond donors (Lipinski definition) is 1. The SMILES string of the molecule is COCCNC(=O)CN1CCN(Cc2nc(-c3ccc(F)cc3)cs2)CC1. The van der Waals surface area contributed by atoms with Crippen molar-refractivity contribution in [3.8, 4) is 11.3 Å². The number of benzene rings is 1. The van der Waals surface area contributed by atoms with Crippen molar-refractivity contribution < 1.29 is 13.9 Å². The first-order chi connectivity index (χ1) is 13.1. The number of carbonyl (C=O) groups is 1. The standard InChI is InChI=1S/C19H25FN4O2S/c1-26-11-6-21-18(25)12-23-7-9-24(10-8-23)13-19-22-17(14-27-19)15-2-4-16(20)5-3-15/h2-5,14H,6-13H2,1H3,(H,21,25). The van der Waals surface area contributed by atoms with E-state index < -0.39 is 0 Å². The quantitative estimate of drug-likeness (QED) is 0.695. The van der Waals surface area contributed by atoms with E-state index >= 15 is 0 Å². The summed E-state index contributed by atoms with van der Waals surface area (Å²) >= 11 is 1.63. The smallest absolute Gasteiger partial charge is 0.234 e. The molecule has 2 aromatic rings. The molecule has 1 aliphatic rings. The molecule has 2 heterocycles. The molecule has 1 amide bonds. The lowest BCUT2D eigenvalue weighted by molar-refractivity contribution is -0.122. The Balaban J connectivity index is 1.43. The lowest BCUT2D eigenvalue weighted by atomic mass is 10.2. The predicted molar refractivity (Wildman–Crippen MR) is 104 cm³/mol. The fourth-order valence-electron chi connectivity index (χ4n) is 2.99. The van der Waals surface area contributed by atoms with Gasteiger partial charge in [-0.3, -0.25) is 14.6 Å². The van der Waals surface area contributed by atoms with Gasteiger partial charge in [0.05, 0.1) is 25.4 Å². The van der Waals surface area contributed by atoms with E-state index in [1.807, 2.05) is 5.38 Å². The largest absolute Gasteiger partial charge is 0.383 e. The first-order valence-corrected chi connectivity index (χ1v) is 9.92. The van der Waals surface area contributed by atoms with E-state index in [0.29, 0.717) is 19.7 Å². The molecule has 1 aliphatic heterocycles. The van der Waals surface area contributed by atoms with Gasteiger partial charge in [-0.25, -0.2) is 9.37 Å². The van der Waals surface area contributed by atoms with Crippen molar-refractivity contribution >= 4 is 17.2 Å². The van der Waals surface area contributed by atoms with Gasteiger partial charge in [0, 0.05) is 50.8 Å². The number of hydrogen-bond acceptors (Lipinski definition) is 6. The minimum atomic E-state index is -0.237. The summed E-state index contributed by atoms with van der Waals surface area (Å²) in [4.78, 5) is 21.1. The Morgan fingerprint density at radius 1 is 1.22 bits per heavy atom. The first-order valence-electron chi connectivity index (χ1n) is 9.05. The Bertz CT molecular complexity index is 730. The summed E-state index contributed by atoms with van der Waals surface area (Å²) in [6.07, 6.45) is 0. The number of nitrogens with zero attached hydrogens (tertiary/aromatic N) is 3. The highest BCUT2D eigenvalue weighted by Gasteiger charge is 2.19. The monoisotopic (exact) mass is 392 g/mol. The summed E-state index contributed by atoms with van der Waals surface area (Å²) in [6.45, 7) is 5.89. The molecule has 0 radical (unpaired) electrons. The Morgan fingerprint density at radius 2 is 1.93 bits per heavy atom. The highest BCUT2D eigenvalue weighted by atomic mass is 32.1. The highest BCUT2D eigenvalue weighted by molar-refractivity contribution is 7.09. The van der Waals surface area contributed by atoms with Gasteiger partial charge in [-0.05, 0) is 24.3 Å². The van der Waals surface area contributed by atoms with Crippen LogP contribution in [0.25, 0.3) is 11.3 Å². The number of rotatable bonds is 8. The normalized spacial score (nSPS) is 15.8. The average molecular weight is 393 g/mol. The molecule has 1 aromatic carbocycles. The molecule has 27 heavy (non-hydrogen) atoms. The lowest BCUT2D eigenvalue weighted by Crippen LogP contribution is -2.49. The third-order valence-corrected chi connectivity index (χ3v) is 5.34. The van der Waals surface area contributed by atoms with E-state index in [4.69, 9.17) is 4.74 Å². The molecule has 1 saturated heterocycles. The molecule has 146 valence electrons. The van der Waals surface area contributed by atoms with Crippen LogP contribution in [0, 0.1) is 5.82 Å². The second-order valence-corrected chi connectivity index (χ2v) is 7.47. The van der Waals surface area contributed by atoms with Crippen LogP contribution in [0.5, 0.6) is 0 Å². The van der Waals surface area contributed by atoms with E-state index in [9.17, 15) is 9.18 Å². The third kappa shape index (κ3) is 6.07. The highest BCUT2D eigenvalue weighted by Crippen LogP contribution is 2.23. The average Bonchev–Trinajstić information content (AvgIpc) is 3.13. The van der Waals surface area contributed by atoms with Crippen LogP contribution in [-0.4, -0.2) is 73.7 Å². The van der Waals surface area contributed by atoms with Crippen LogP contribution in [0.15, 0.2) is 29.6 Å². The Morgan fingerprint density at radius 3 is 2.63 bits per heavy atom. The Hall–Kier alpha value is -1.87. The van der Waals surface area contributed by atoms with Crippen LogP contribution < -0.4 is 5.32 Å². The molecule has 0 unspecified atom stereocenters. The minimum absolute atomic E-state index is 0.0457. The fourth-order valence-corrected chi connectivity index (χ4v) is 3.83. The van der Waals surface area contributed by atoms with Crippen LogP contribution in [-0.2, 0) is 16.1 Å². The van der Waals surface area contributed by atoms with E-state index in [1.165, 1.54) is 12.1 Å². The molecule has 1 fully saturated rings. The van der Waals surface area contributed by atoms with Crippen molar-refractivity contribution in [3.05, 3.63) is 40.5 Å². The summed E-state index contributed by atoms with van der Waals surface area (Å²) in [5, 5.41) is 5.93. The topological polar surface area (TPSA) is 57.7 Å². The summed E-state index contributed by atoms with van der Waals surface area (Å²) in [7, 11) is 1.62. The summed E-state index contributed by atoms with van der Waals surface area (Å²) in [5.41, 5.74) is 1.82. The van der Waals surface area contributed by atoms with Gasteiger partial charge in [0.2, 0.25) is 5.91 Å². The zero-order valence-corrected chi connectivity index (χ0v) is 16.3. The predicted octanol–water partition coefficient (Wildman–Crippen LogP) is 1.83. The van der Waals surface area contributed by atoms with Crippen LogP contribution in [0.3, 0.4) is 0 Å². The molecule has 0 saturated carbocycles. The summed E-state index contributed by atoms with van der Waals surface area (Å²) < 4.78 is 18.0. The van der Waals surface area contributed by atoms with Crippen LogP contribution in [0.1, 0.15) is 5.01 Å². The molecule has 0 atom stereocenters. The van der Waals surface area contributed by atoms with Crippen LogP contribution in [0.2, 0.25) is 0 Å². The number of aromatic nitrogens is 1. The van der Waals surface area contributed by atoms with Gasteiger partial charge >= 0.3 is 0 Å². The van der Waals surface area contributed by atoms with Gasteiger partial charge < -0.3 is 10.1 Å². The van der Waals surface area contributed by atoms with Crippen LogP contribution in [0.4, 0.5) is 4.39 Å². The van der Waals surface area contributed by atoms with Crippen molar-refractivity contribution in [3.63, 3.8) is 0 Å². The number of carbonyl (C=O) groups excluding carboxylic acids is 1. The Labute approximate surface area is 163 Å². The number of ether oxygens (including phenoxy) is 1. The third-order valence-electron chi connectivity index (χ3n) is 4.51. The maximum absolute atomic E-state index is 13.0. The maximum Gasteiger partial charge on any atom is 0.234 e. The molecular formula is C19H25FN4O2S. The molecule has 1 N–H and O–H groups in total. The van der Waals surface area contributed by atoms with Crippen molar-refractivity contribution in [2.75, 3.05) is 53.0 Å². The molecule has 8 heteroatoms. The van der Waals surface area contributed by atoms with E-state index in [2.05, 4.69) is 20.1 Å². The molecule has 1 aromatic heterocycles. The summed E-state index contributed by atoms with van der Waals surface area (Å²) in [6, 6.07) is 6.42. The van der Waals surface area contributed by atoms with Gasteiger partial charge in [0.15, 0.2) is 0 Å². The number of amides is 1. The molecule has 3 rings (SSSR count). The van der Waals surface area contributed by atoms with E-state index in [0.717, 1.165) is 49.0 Å². The molecule has 0 bridgehead atoms. The summed E-state index contributed by atoms with van der Waals surface area (Å²) in [5.74, 6) is -0.191. The van der Waals surface area contributed by atoms with Gasteiger partial charge in [-0.2, -0.15) is 0 Å². The van der Waals surface area contributed by atoms with E-state index in [1.54, 1.807) is 30.6 Å². The zero-order valence-electron chi connectivity index (χ0n) is 15.5. The van der Waals surface area contributed by atoms with Crippen molar-refractivity contribution in [2.45, 2.75) is 6.54 Å². The van der Waals surface area contributed by atoms with Gasteiger partial charge in [-0.1, -0.05) is 0 Å². The molecule has 0 aliphatic carbocycles. The minimum Gasteiger partial charge on any atom is -0.383 e. The Kier molecular flexibility index (Phi) is 7.28. The number of thiazole rings is 1.